The van der Waals surface area contributed by atoms with Crippen molar-refractivity contribution < 1.29 is 4.74 Å². The maximum atomic E-state index is 5.90. The van der Waals surface area contributed by atoms with E-state index in [0.717, 1.165) is 6.42 Å². The Morgan fingerprint density at radius 2 is 1.88 bits per heavy atom. The molecular formula is C14H20BrNO. The number of alkyl halides is 1. The summed E-state index contributed by atoms with van der Waals surface area (Å²) >= 11 is 3.85. The molecule has 0 amide bonds. The average molecular weight is 298 g/mol. The third-order valence-corrected chi connectivity index (χ3v) is 4.85. The minimum Gasteiger partial charge on any atom is -0.375 e. The molecule has 1 saturated heterocycles. The topological polar surface area (TPSA) is 22.1 Å². The highest BCUT2D eigenvalue weighted by atomic mass is 79.9. The molecule has 1 fully saturated rings. The Hall–Kier alpha value is -0.410. The van der Waals surface area contributed by atoms with E-state index in [-0.39, 0.29) is 0 Å². The molecule has 5 atom stereocenters. The lowest BCUT2D eigenvalue weighted by molar-refractivity contribution is 0.0511. The van der Waals surface area contributed by atoms with Gasteiger partial charge in [0.15, 0.2) is 0 Å². The first-order valence-electron chi connectivity index (χ1n) is 6.28. The van der Waals surface area contributed by atoms with Gasteiger partial charge in [0.1, 0.15) is 0 Å². The van der Waals surface area contributed by atoms with E-state index < -0.39 is 0 Å². The van der Waals surface area contributed by atoms with Gasteiger partial charge in [-0.2, -0.15) is 0 Å². The maximum Gasteiger partial charge on any atom is 0.0593 e. The van der Waals surface area contributed by atoms with Crippen LogP contribution >= 0.6 is 15.9 Å². The molecule has 0 aliphatic carbocycles. The van der Waals surface area contributed by atoms with Gasteiger partial charge in [-0.1, -0.05) is 22.9 Å². The number of aromatic nitrogens is 1. The lowest BCUT2D eigenvalue weighted by Gasteiger charge is -2.24. The number of halogens is 1. The minimum absolute atomic E-state index is 0.339. The molecule has 3 heteroatoms. The molecule has 0 N–H and O–H groups in total. The predicted octanol–water partition coefficient (Wildman–Crippen LogP) is 3.45. The predicted molar refractivity (Wildman–Crippen MR) is 73.3 cm³/mol. The molecule has 5 unspecified atom stereocenters. The highest BCUT2D eigenvalue weighted by molar-refractivity contribution is 9.09. The van der Waals surface area contributed by atoms with Gasteiger partial charge in [-0.25, -0.2) is 0 Å². The van der Waals surface area contributed by atoms with Crippen LogP contribution in [0.25, 0.3) is 0 Å². The maximum absolute atomic E-state index is 5.90. The zero-order valence-electron chi connectivity index (χ0n) is 10.6. The van der Waals surface area contributed by atoms with Gasteiger partial charge in [-0.15, -0.1) is 0 Å². The molecule has 1 aromatic rings. The molecule has 2 rings (SSSR count). The third kappa shape index (κ3) is 2.89. The van der Waals surface area contributed by atoms with Crippen LogP contribution in [-0.2, 0) is 11.2 Å². The SMILES string of the molecule is CC1OC(C)C(C(Br)Cc2ccncc2)C1C. The van der Waals surface area contributed by atoms with E-state index in [1.807, 2.05) is 12.4 Å². The summed E-state index contributed by atoms with van der Waals surface area (Å²) in [4.78, 5) is 4.52. The van der Waals surface area contributed by atoms with Crippen molar-refractivity contribution in [2.45, 2.75) is 44.2 Å². The summed E-state index contributed by atoms with van der Waals surface area (Å²) in [7, 11) is 0. The van der Waals surface area contributed by atoms with Crippen molar-refractivity contribution in [3.63, 3.8) is 0 Å². The van der Waals surface area contributed by atoms with E-state index in [9.17, 15) is 0 Å². The normalized spacial score (nSPS) is 34.8. The molecule has 94 valence electrons. The second kappa shape index (κ2) is 5.49. The second-order valence-corrected chi connectivity index (χ2v) is 6.23. The van der Waals surface area contributed by atoms with E-state index in [4.69, 9.17) is 4.74 Å². The monoisotopic (exact) mass is 297 g/mol. The molecule has 0 saturated carbocycles. The van der Waals surface area contributed by atoms with Crippen LogP contribution in [0.15, 0.2) is 24.5 Å². The standard InChI is InChI=1S/C14H20BrNO/c1-9-10(2)17-11(3)14(9)13(15)8-12-4-6-16-7-5-12/h4-7,9-11,13-14H,8H2,1-3H3. The summed E-state index contributed by atoms with van der Waals surface area (Å²) in [6.07, 6.45) is 5.46. The van der Waals surface area contributed by atoms with E-state index in [1.165, 1.54) is 5.56 Å². The summed E-state index contributed by atoms with van der Waals surface area (Å²) in [6.45, 7) is 6.65. The Kier molecular flexibility index (Phi) is 4.21. The molecular weight excluding hydrogens is 278 g/mol. The molecule has 2 nitrogen and oxygen atoms in total. The fraction of sp³-hybridized carbons (Fsp3) is 0.643. The molecule has 0 radical (unpaired) electrons. The molecule has 17 heavy (non-hydrogen) atoms. The van der Waals surface area contributed by atoms with E-state index in [2.05, 4.69) is 53.8 Å². The van der Waals surface area contributed by atoms with E-state index in [1.54, 1.807) is 0 Å². The van der Waals surface area contributed by atoms with Crippen molar-refractivity contribution in [3.8, 4) is 0 Å². The Labute approximate surface area is 112 Å². The lowest BCUT2D eigenvalue weighted by Crippen LogP contribution is -2.28. The quantitative estimate of drug-likeness (QED) is 0.797. The minimum atomic E-state index is 0.339. The fourth-order valence-corrected chi connectivity index (χ4v) is 4.08. The van der Waals surface area contributed by atoms with Crippen molar-refractivity contribution in [1.82, 2.24) is 4.98 Å². The molecule has 1 aliphatic rings. The molecule has 0 bridgehead atoms. The summed E-state index contributed by atoms with van der Waals surface area (Å²) in [5.41, 5.74) is 1.33. The first-order chi connectivity index (χ1) is 8.09. The summed E-state index contributed by atoms with van der Waals surface area (Å²) in [5, 5.41) is 0. The van der Waals surface area contributed by atoms with E-state index in [0.29, 0.717) is 28.9 Å². The van der Waals surface area contributed by atoms with Crippen molar-refractivity contribution in [2.24, 2.45) is 11.8 Å². The molecule has 0 spiro atoms. The van der Waals surface area contributed by atoms with Crippen LogP contribution in [0.2, 0.25) is 0 Å². The van der Waals surface area contributed by atoms with Crippen LogP contribution in [0.5, 0.6) is 0 Å². The number of ether oxygens (including phenoxy) is 1. The summed E-state index contributed by atoms with van der Waals surface area (Å²) in [5.74, 6) is 1.19. The van der Waals surface area contributed by atoms with Gasteiger partial charge in [-0.05, 0) is 43.9 Å². The lowest BCUT2D eigenvalue weighted by atomic mass is 9.85. The van der Waals surface area contributed by atoms with Gasteiger partial charge >= 0.3 is 0 Å². The number of hydrogen-bond donors (Lipinski definition) is 0. The number of pyridine rings is 1. The fourth-order valence-electron chi connectivity index (χ4n) is 2.80. The zero-order valence-corrected chi connectivity index (χ0v) is 12.2. The Balaban J connectivity index is 2.03. The van der Waals surface area contributed by atoms with Crippen LogP contribution in [0.3, 0.4) is 0 Å². The van der Waals surface area contributed by atoms with Crippen LogP contribution in [0.4, 0.5) is 0 Å². The third-order valence-electron chi connectivity index (χ3n) is 3.92. The smallest absolute Gasteiger partial charge is 0.0593 e. The Morgan fingerprint density at radius 3 is 2.41 bits per heavy atom. The Bertz CT molecular complexity index is 356. The molecule has 0 aromatic carbocycles. The van der Waals surface area contributed by atoms with Gasteiger partial charge in [0, 0.05) is 23.1 Å². The number of hydrogen-bond acceptors (Lipinski definition) is 2. The van der Waals surface area contributed by atoms with Gasteiger partial charge in [0.25, 0.3) is 0 Å². The molecule has 2 heterocycles. The summed E-state index contributed by atoms with van der Waals surface area (Å²) in [6, 6.07) is 4.17. The van der Waals surface area contributed by atoms with Crippen LogP contribution in [0.1, 0.15) is 26.3 Å². The van der Waals surface area contributed by atoms with Crippen LogP contribution in [-0.4, -0.2) is 22.0 Å². The van der Waals surface area contributed by atoms with Gasteiger partial charge in [-0.3, -0.25) is 4.98 Å². The van der Waals surface area contributed by atoms with Crippen LogP contribution < -0.4 is 0 Å². The van der Waals surface area contributed by atoms with Crippen molar-refractivity contribution in [1.29, 1.82) is 0 Å². The molecule has 1 aliphatic heterocycles. The van der Waals surface area contributed by atoms with Crippen molar-refractivity contribution in [3.05, 3.63) is 30.1 Å². The van der Waals surface area contributed by atoms with Gasteiger partial charge < -0.3 is 4.74 Å². The van der Waals surface area contributed by atoms with Gasteiger partial charge in [0.2, 0.25) is 0 Å². The zero-order chi connectivity index (χ0) is 12.4. The van der Waals surface area contributed by atoms with E-state index >= 15 is 0 Å². The first-order valence-corrected chi connectivity index (χ1v) is 7.19. The summed E-state index contributed by atoms with van der Waals surface area (Å²) < 4.78 is 5.90. The Morgan fingerprint density at radius 1 is 1.24 bits per heavy atom. The van der Waals surface area contributed by atoms with Crippen molar-refractivity contribution >= 4 is 15.9 Å². The highest BCUT2D eigenvalue weighted by Gasteiger charge is 2.40. The largest absolute Gasteiger partial charge is 0.375 e. The van der Waals surface area contributed by atoms with Crippen LogP contribution in [0, 0.1) is 11.8 Å². The first kappa shape index (κ1) is 13.0. The number of rotatable bonds is 3. The molecule has 1 aromatic heterocycles. The van der Waals surface area contributed by atoms with Crippen molar-refractivity contribution in [2.75, 3.05) is 0 Å². The highest BCUT2D eigenvalue weighted by Crippen LogP contribution is 2.38. The average Bonchev–Trinajstić information content (AvgIpc) is 2.54. The van der Waals surface area contributed by atoms with Gasteiger partial charge in [0.05, 0.1) is 12.2 Å². The number of nitrogens with zero attached hydrogens (tertiary/aromatic N) is 1. The second-order valence-electron chi connectivity index (χ2n) is 5.06.